The first-order chi connectivity index (χ1) is 10.00. The Balaban J connectivity index is 1.98. The summed E-state index contributed by atoms with van der Waals surface area (Å²) in [5.74, 6) is -0.224. The molecule has 1 aromatic heterocycles. The van der Waals surface area contributed by atoms with Crippen molar-refractivity contribution in [3.05, 3.63) is 59.8 Å². The lowest BCUT2D eigenvalue weighted by atomic mass is 10.2. The molecule has 0 aliphatic carbocycles. The molecule has 0 spiro atoms. The highest BCUT2D eigenvalue weighted by Crippen LogP contribution is 2.16. The zero-order valence-corrected chi connectivity index (χ0v) is 12.3. The van der Waals surface area contributed by atoms with Gasteiger partial charge in [0.25, 0.3) is 0 Å². The Hall–Kier alpha value is -1.70. The summed E-state index contributed by atoms with van der Waals surface area (Å²) in [6.45, 7) is 0.0433. The zero-order chi connectivity index (χ0) is 15.3. The van der Waals surface area contributed by atoms with Crippen LogP contribution in [-0.4, -0.2) is 22.1 Å². The van der Waals surface area contributed by atoms with Gasteiger partial charge in [-0.2, -0.15) is 0 Å². The topological polar surface area (TPSA) is 68.5 Å². The van der Waals surface area contributed by atoms with Crippen molar-refractivity contribution in [1.82, 2.24) is 4.72 Å². The van der Waals surface area contributed by atoms with Crippen LogP contribution in [-0.2, 0) is 20.5 Å². The summed E-state index contributed by atoms with van der Waals surface area (Å²) < 4.78 is 49.8. The number of furan rings is 1. The van der Waals surface area contributed by atoms with E-state index in [1.54, 1.807) is 18.2 Å². The molecule has 0 bridgehead atoms. The van der Waals surface area contributed by atoms with Crippen molar-refractivity contribution >= 4 is 10.0 Å². The fraction of sp³-hybridized carbons (Fsp3) is 0.286. The Labute approximate surface area is 122 Å². The van der Waals surface area contributed by atoms with Crippen LogP contribution in [0.15, 0.2) is 47.1 Å². The van der Waals surface area contributed by atoms with E-state index in [2.05, 4.69) is 4.72 Å². The van der Waals surface area contributed by atoms with Crippen LogP contribution < -0.4 is 4.72 Å². The van der Waals surface area contributed by atoms with E-state index in [-0.39, 0.29) is 12.3 Å². The van der Waals surface area contributed by atoms with Gasteiger partial charge in [0.15, 0.2) is 0 Å². The largest absolute Gasteiger partial charge is 0.467 e. The van der Waals surface area contributed by atoms with Crippen molar-refractivity contribution in [3.8, 4) is 0 Å². The van der Waals surface area contributed by atoms with Crippen LogP contribution in [0.4, 0.5) is 4.39 Å². The number of benzene rings is 1. The van der Waals surface area contributed by atoms with Gasteiger partial charge in [0.1, 0.15) is 17.7 Å². The van der Waals surface area contributed by atoms with Crippen LogP contribution in [0.25, 0.3) is 0 Å². The summed E-state index contributed by atoms with van der Waals surface area (Å²) in [4.78, 5) is 0. The van der Waals surface area contributed by atoms with Gasteiger partial charge in [0.05, 0.1) is 12.0 Å². The molecule has 7 heteroatoms. The Kier molecular flexibility index (Phi) is 5.11. The first-order valence-corrected chi connectivity index (χ1v) is 7.93. The molecule has 0 saturated heterocycles. The predicted molar refractivity (Wildman–Crippen MR) is 75.5 cm³/mol. The zero-order valence-electron chi connectivity index (χ0n) is 11.5. The molecular weight excluding hydrogens is 297 g/mol. The Bertz CT molecular complexity index is 670. The average molecular weight is 313 g/mol. The second kappa shape index (κ2) is 6.84. The van der Waals surface area contributed by atoms with Crippen LogP contribution in [0.1, 0.15) is 17.4 Å². The number of rotatable bonds is 7. The van der Waals surface area contributed by atoms with Crippen LogP contribution in [0.5, 0.6) is 0 Å². The van der Waals surface area contributed by atoms with Crippen LogP contribution >= 0.6 is 0 Å². The molecular formula is C14H16FNO4S. The highest BCUT2D eigenvalue weighted by atomic mass is 32.2. The van der Waals surface area contributed by atoms with Crippen molar-refractivity contribution in [2.75, 3.05) is 13.7 Å². The van der Waals surface area contributed by atoms with Crippen molar-refractivity contribution in [2.24, 2.45) is 0 Å². The first-order valence-electron chi connectivity index (χ1n) is 6.28. The molecule has 1 unspecified atom stereocenters. The summed E-state index contributed by atoms with van der Waals surface area (Å²) in [5, 5.41) is 0. The number of nitrogens with one attached hydrogen (secondary N) is 1. The Morgan fingerprint density at radius 3 is 2.76 bits per heavy atom. The van der Waals surface area contributed by atoms with Gasteiger partial charge in [-0.25, -0.2) is 17.5 Å². The van der Waals surface area contributed by atoms with Crippen LogP contribution in [0.2, 0.25) is 0 Å². The minimum Gasteiger partial charge on any atom is -0.467 e. The van der Waals surface area contributed by atoms with Gasteiger partial charge in [0, 0.05) is 13.7 Å². The third kappa shape index (κ3) is 4.66. The van der Waals surface area contributed by atoms with Gasteiger partial charge >= 0.3 is 0 Å². The number of hydrogen-bond acceptors (Lipinski definition) is 4. The normalized spacial score (nSPS) is 13.2. The van der Waals surface area contributed by atoms with E-state index in [4.69, 9.17) is 9.15 Å². The molecule has 114 valence electrons. The maximum atomic E-state index is 13.0. The molecule has 0 amide bonds. The third-order valence-corrected chi connectivity index (χ3v) is 4.20. The average Bonchev–Trinajstić information content (AvgIpc) is 2.93. The molecule has 1 heterocycles. The van der Waals surface area contributed by atoms with E-state index in [1.807, 2.05) is 0 Å². The third-order valence-electron chi connectivity index (χ3n) is 2.88. The first kappa shape index (κ1) is 15.7. The quantitative estimate of drug-likeness (QED) is 0.851. The van der Waals surface area contributed by atoms with Gasteiger partial charge in [-0.05, 0) is 29.8 Å². The molecule has 1 aromatic carbocycles. The number of sulfonamides is 1. The highest BCUT2D eigenvalue weighted by Gasteiger charge is 2.18. The lowest BCUT2D eigenvalue weighted by Gasteiger charge is -2.14. The second-order valence-corrected chi connectivity index (χ2v) is 6.28. The molecule has 1 N–H and O–H groups in total. The molecule has 0 fully saturated rings. The maximum absolute atomic E-state index is 13.0. The van der Waals surface area contributed by atoms with Crippen molar-refractivity contribution in [2.45, 2.75) is 11.9 Å². The van der Waals surface area contributed by atoms with Gasteiger partial charge in [-0.3, -0.25) is 0 Å². The number of halogens is 1. The van der Waals surface area contributed by atoms with E-state index in [1.165, 1.54) is 31.6 Å². The molecule has 2 aromatic rings. The smallest absolute Gasteiger partial charge is 0.215 e. The summed E-state index contributed by atoms with van der Waals surface area (Å²) in [6, 6.07) is 8.89. The molecule has 0 aliphatic heterocycles. The predicted octanol–water partition coefficient (Wildman–Crippen LogP) is 2.23. The molecule has 0 saturated carbocycles. The van der Waals surface area contributed by atoms with Crippen LogP contribution in [0, 0.1) is 5.82 Å². The number of methoxy groups -OCH3 is 1. The molecule has 2 rings (SSSR count). The fourth-order valence-electron chi connectivity index (χ4n) is 1.87. The molecule has 0 aliphatic rings. The molecule has 1 atom stereocenters. The van der Waals surface area contributed by atoms with E-state index in [0.717, 1.165) is 0 Å². The number of ether oxygens (including phenoxy) is 1. The standard InChI is InChI=1S/C14H16FNO4S/c1-19-14(13-6-3-7-20-13)9-16-21(17,18)10-11-4-2-5-12(15)8-11/h2-8,14,16H,9-10H2,1H3. The fourth-order valence-corrected chi connectivity index (χ4v) is 3.00. The highest BCUT2D eigenvalue weighted by molar-refractivity contribution is 7.88. The minimum atomic E-state index is -3.59. The SMILES string of the molecule is COC(CNS(=O)(=O)Cc1cccc(F)c1)c1ccco1. The monoisotopic (exact) mass is 313 g/mol. The summed E-state index contributed by atoms with van der Waals surface area (Å²) >= 11 is 0. The Morgan fingerprint density at radius 1 is 1.33 bits per heavy atom. The summed E-state index contributed by atoms with van der Waals surface area (Å²) in [5.41, 5.74) is 0.384. The lowest BCUT2D eigenvalue weighted by Crippen LogP contribution is -2.30. The Morgan fingerprint density at radius 2 is 2.14 bits per heavy atom. The van der Waals surface area contributed by atoms with Crippen molar-refractivity contribution in [1.29, 1.82) is 0 Å². The minimum absolute atomic E-state index is 0.0433. The van der Waals surface area contributed by atoms with Crippen molar-refractivity contribution in [3.63, 3.8) is 0 Å². The van der Waals surface area contributed by atoms with E-state index in [9.17, 15) is 12.8 Å². The van der Waals surface area contributed by atoms with Gasteiger partial charge < -0.3 is 9.15 Å². The lowest BCUT2D eigenvalue weighted by molar-refractivity contribution is 0.0878. The van der Waals surface area contributed by atoms with E-state index < -0.39 is 21.9 Å². The van der Waals surface area contributed by atoms with Gasteiger partial charge in [-0.15, -0.1) is 0 Å². The summed E-state index contributed by atoms with van der Waals surface area (Å²) in [7, 11) is -2.12. The maximum Gasteiger partial charge on any atom is 0.215 e. The molecule has 0 radical (unpaired) electrons. The van der Waals surface area contributed by atoms with E-state index in [0.29, 0.717) is 11.3 Å². The van der Waals surface area contributed by atoms with Crippen LogP contribution in [0.3, 0.4) is 0 Å². The van der Waals surface area contributed by atoms with Gasteiger partial charge in [-0.1, -0.05) is 12.1 Å². The molecule has 21 heavy (non-hydrogen) atoms. The van der Waals surface area contributed by atoms with Crippen molar-refractivity contribution < 1.29 is 22.0 Å². The number of hydrogen-bond donors (Lipinski definition) is 1. The summed E-state index contributed by atoms with van der Waals surface area (Å²) in [6.07, 6.45) is 0.977. The van der Waals surface area contributed by atoms with E-state index >= 15 is 0 Å². The van der Waals surface area contributed by atoms with Gasteiger partial charge in [0.2, 0.25) is 10.0 Å². The molecule has 5 nitrogen and oxygen atoms in total. The second-order valence-electron chi connectivity index (χ2n) is 4.48.